The molecule has 0 aliphatic rings. The van der Waals surface area contributed by atoms with Gasteiger partial charge in [0.25, 0.3) is 0 Å². The predicted molar refractivity (Wildman–Crippen MR) is 83.7 cm³/mol. The van der Waals surface area contributed by atoms with E-state index in [4.69, 9.17) is 9.68 Å². The number of benzene rings is 1. The number of rotatable bonds is 4. The lowest BCUT2D eigenvalue weighted by Gasteiger charge is -2.41. The Hall–Kier alpha value is -2.00. The molecule has 0 radical (unpaired) electrons. The maximum atomic E-state index is 14.5. The van der Waals surface area contributed by atoms with Crippen LogP contribution in [-0.4, -0.2) is 28.3 Å². The molecule has 1 unspecified atom stereocenters. The minimum Gasteiger partial charge on any atom is -0.249 e. The molecular weight excluding hydrogens is 358 g/mol. The number of carbonyl (C=O) groups is 2. The molecule has 9 heteroatoms. The average molecular weight is 380 g/mol. The van der Waals surface area contributed by atoms with Gasteiger partial charge in [0.2, 0.25) is 0 Å². The van der Waals surface area contributed by atoms with E-state index in [1.165, 1.54) is 20.8 Å². The molecule has 1 aromatic carbocycles. The van der Waals surface area contributed by atoms with Gasteiger partial charge in [0.05, 0.1) is 10.4 Å². The predicted octanol–water partition coefficient (Wildman–Crippen LogP) is 4.42. The standard InChI is InChI=1S/C17H22F4NO4/c1-15(2,3)22(25-10-23,26-16(4,5)6)14(24)11-8-7-9-12(13(11)18)17(19,20)21/h7-10H,1-6H3/q+1. The Balaban J connectivity index is 3.68. The van der Waals surface area contributed by atoms with E-state index in [1.54, 1.807) is 20.8 Å². The van der Waals surface area contributed by atoms with E-state index in [0.717, 1.165) is 12.1 Å². The Morgan fingerprint density at radius 1 is 1.08 bits per heavy atom. The van der Waals surface area contributed by atoms with E-state index < -0.39 is 45.0 Å². The molecule has 0 spiro atoms. The molecule has 0 bridgehead atoms. The molecule has 0 heterocycles. The van der Waals surface area contributed by atoms with Crippen molar-refractivity contribution >= 4 is 12.4 Å². The highest BCUT2D eigenvalue weighted by atomic mass is 19.4. The summed E-state index contributed by atoms with van der Waals surface area (Å²) in [5, 5.41) is 0. The van der Waals surface area contributed by atoms with E-state index in [0.29, 0.717) is 6.07 Å². The summed E-state index contributed by atoms with van der Waals surface area (Å²) in [6.07, 6.45) is -4.99. The molecular formula is C17H22F4NO4+. The normalized spacial score (nSPS) is 15.3. The topological polar surface area (TPSA) is 52.6 Å². The van der Waals surface area contributed by atoms with Crippen LogP contribution in [0.4, 0.5) is 17.6 Å². The van der Waals surface area contributed by atoms with E-state index >= 15 is 0 Å². The molecule has 5 nitrogen and oxygen atoms in total. The Morgan fingerprint density at radius 3 is 2.00 bits per heavy atom. The minimum absolute atomic E-state index is 0.0690. The van der Waals surface area contributed by atoms with Crippen LogP contribution in [0.15, 0.2) is 18.2 Å². The molecule has 26 heavy (non-hydrogen) atoms. The Morgan fingerprint density at radius 2 is 1.62 bits per heavy atom. The molecule has 0 aliphatic carbocycles. The minimum atomic E-state index is -4.99. The van der Waals surface area contributed by atoms with Crippen LogP contribution in [0.1, 0.15) is 57.5 Å². The van der Waals surface area contributed by atoms with E-state index in [9.17, 15) is 27.2 Å². The highest BCUT2D eigenvalue weighted by Gasteiger charge is 2.58. The van der Waals surface area contributed by atoms with Crippen molar-refractivity contribution in [3.05, 3.63) is 35.1 Å². The fourth-order valence-electron chi connectivity index (χ4n) is 2.23. The van der Waals surface area contributed by atoms with Crippen LogP contribution in [0.3, 0.4) is 0 Å². The summed E-state index contributed by atoms with van der Waals surface area (Å²) < 4.78 is 53.4. The van der Waals surface area contributed by atoms with Crippen molar-refractivity contribution in [2.75, 3.05) is 0 Å². The highest BCUT2D eigenvalue weighted by Crippen LogP contribution is 2.37. The molecule has 146 valence electrons. The van der Waals surface area contributed by atoms with Crippen LogP contribution in [0.2, 0.25) is 0 Å². The third-order valence-electron chi connectivity index (χ3n) is 3.28. The maximum Gasteiger partial charge on any atom is 0.424 e. The summed E-state index contributed by atoms with van der Waals surface area (Å²) in [7, 11) is 0. The third-order valence-corrected chi connectivity index (χ3v) is 3.28. The van der Waals surface area contributed by atoms with E-state index in [1.807, 2.05) is 0 Å². The molecule has 0 aliphatic heterocycles. The zero-order valence-corrected chi connectivity index (χ0v) is 15.4. The van der Waals surface area contributed by atoms with Crippen LogP contribution < -0.4 is 0 Å². The Labute approximate surface area is 149 Å². The number of amides is 1. The number of quaternary nitrogens is 1. The van der Waals surface area contributed by atoms with E-state index in [-0.39, 0.29) is 6.47 Å². The van der Waals surface area contributed by atoms with Crippen LogP contribution in [0, 0.1) is 5.82 Å². The smallest absolute Gasteiger partial charge is 0.249 e. The molecule has 0 saturated carbocycles. The second-order valence-corrected chi connectivity index (χ2v) is 7.60. The summed E-state index contributed by atoms with van der Waals surface area (Å²) in [6.45, 7) is 8.98. The van der Waals surface area contributed by atoms with Crippen molar-refractivity contribution in [3.63, 3.8) is 0 Å². The number of hydrogen-bond acceptors (Lipinski definition) is 4. The van der Waals surface area contributed by atoms with Gasteiger partial charge < -0.3 is 0 Å². The van der Waals surface area contributed by atoms with Gasteiger partial charge in [0.1, 0.15) is 11.2 Å². The lowest BCUT2D eigenvalue weighted by molar-refractivity contribution is -1.21. The summed E-state index contributed by atoms with van der Waals surface area (Å²) in [4.78, 5) is 33.1. The highest BCUT2D eigenvalue weighted by molar-refractivity contribution is 5.89. The lowest BCUT2D eigenvalue weighted by atomic mass is 10.0. The fourth-order valence-corrected chi connectivity index (χ4v) is 2.23. The van der Waals surface area contributed by atoms with Gasteiger partial charge in [-0.25, -0.2) is 18.8 Å². The van der Waals surface area contributed by atoms with Crippen LogP contribution in [0.5, 0.6) is 0 Å². The number of halogens is 4. The summed E-state index contributed by atoms with van der Waals surface area (Å²) in [6, 6.07) is 2.30. The zero-order chi connectivity index (χ0) is 20.6. The van der Waals surface area contributed by atoms with Crippen LogP contribution in [0.25, 0.3) is 0 Å². The van der Waals surface area contributed by atoms with Gasteiger partial charge in [0.15, 0.2) is 11.4 Å². The second-order valence-electron chi connectivity index (χ2n) is 7.60. The van der Waals surface area contributed by atoms with E-state index in [2.05, 4.69) is 0 Å². The maximum absolute atomic E-state index is 14.5. The average Bonchev–Trinajstić information content (AvgIpc) is 2.42. The van der Waals surface area contributed by atoms with Gasteiger partial charge >= 0.3 is 18.6 Å². The summed E-state index contributed by atoms with van der Waals surface area (Å²) >= 11 is 0. The first-order chi connectivity index (χ1) is 11.6. The number of nitrogens with zero attached hydrogens (tertiary/aromatic N) is 1. The summed E-state index contributed by atoms with van der Waals surface area (Å²) in [5.41, 5.74) is -4.83. The SMILES string of the molecule is CC(C)(C)O[N+](OC=O)(C(=O)c1cccc(C(F)(F)F)c1F)C(C)(C)C. The van der Waals surface area contributed by atoms with Crippen molar-refractivity contribution < 1.29 is 41.6 Å². The lowest BCUT2D eigenvalue weighted by Crippen LogP contribution is -2.65. The Kier molecular flexibility index (Phi) is 5.90. The van der Waals surface area contributed by atoms with Gasteiger partial charge in [-0.2, -0.15) is 13.2 Å². The molecule has 0 saturated heterocycles. The van der Waals surface area contributed by atoms with Gasteiger partial charge in [0, 0.05) is 0 Å². The van der Waals surface area contributed by atoms with Crippen molar-refractivity contribution in [1.82, 2.24) is 0 Å². The monoisotopic (exact) mass is 380 g/mol. The number of alkyl halides is 3. The summed E-state index contributed by atoms with van der Waals surface area (Å²) in [5.74, 6) is -3.04. The first-order valence-corrected chi connectivity index (χ1v) is 7.69. The first-order valence-electron chi connectivity index (χ1n) is 7.69. The van der Waals surface area contributed by atoms with Crippen molar-refractivity contribution in [2.45, 2.75) is 58.9 Å². The van der Waals surface area contributed by atoms with Crippen LogP contribution >= 0.6 is 0 Å². The van der Waals surface area contributed by atoms with Gasteiger partial charge in [-0.05, 0) is 53.7 Å². The zero-order valence-electron chi connectivity index (χ0n) is 15.4. The fraction of sp³-hybridized carbons (Fsp3) is 0.529. The molecule has 1 aromatic rings. The first kappa shape index (κ1) is 22.0. The van der Waals surface area contributed by atoms with Gasteiger partial charge in [-0.1, -0.05) is 6.07 Å². The number of hydrogen-bond donors (Lipinski definition) is 0. The van der Waals surface area contributed by atoms with Gasteiger partial charge in [-0.15, -0.1) is 4.84 Å². The molecule has 1 rings (SSSR count). The van der Waals surface area contributed by atoms with Crippen LogP contribution in [-0.2, 0) is 20.6 Å². The largest absolute Gasteiger partial charge is 0.424 e. The Bertz CT molecular complexity index is 689. The second kappa shape index (κ2) is 6.96. The van der Waals surface area contributed by atoms with Crippen molar-refractivity contribution in [1.29, 1.82) is 0 Å². The molecule has 0 fully saturated rings. The van der Waals surface area contributed by atoms with Crippen molar-refractivity contribution in [2.24, 2.45) is 0 Å². The molecule has 0 aromatic heterocycles. The number of hydroxylamine groups is 4. The third kappa shape index (κ3) is 4.39. The quantitative estimate of drug-likeness (QED) is 0.336. The van der Waals surface area contributed by atoms with Gasteiger partial charge in [-0.3, -0.25) is 0 Å². The van der Waals surface area contributed by atoms with Crippen molar-refractivity contribution in [3.8, 4) is 0 Å². The molecule has 1 atom stereocenters. The molecule has 1 amide bonds. The number of carbonyl (C=O) groups excluding carboxylic acids is 2. The molecule has 0 N–H and O–H groups in total.